The smallest absolute Gasteiger partial charge is 0.197 e. The molecule has 0 saturated carbocycles. The fraction of sp³-hybridized carbons (Fsp3) is 0.292. The lowest BCUT2D eigenvalue weighted by molar-refractivity contribution is -0.169. The van der Waals surface area contributed by atoms with Crippen molar-refractivity contribution in [3.63, 3.8) is 0 Å². The van der Waals surface area contributed by atoms with Gasteiger partial charge in [0.2, 0.25) is 0 Å². The van der Waals surface area contributed by atoms with Crippen LogP contribution in [0.4, 0.5) is 4.39 Å². The van der Waals surface area contributed by atoms with Crippen LogP contribution in [-0.2, 0) is 16.0 Å². The summed E-state index contributed by atoms with van der Waals surface area (Å²) >= 11 is 2.91. The number of aliphatic hydroxyl groups excluding tert-OH is 2. The minimum atomic E-state index is -1.46. The highest BCUT2D eigenvalue weighted by atomic mass is 32.2. The Hall–Kier alpha value is -2.03. The lowest BCUT2D eigenvalue weighted by atomic mass is 9.93. The molecule has 31 heavy (non-hydrogen) atoms. The largest absolute Gasteiger partial charge is 0.386 e. The average Bonchev–Trinajstić information content (AvgIpc) is 3.23. The van der Waals surface area contributed by atoms with Crippen LogP contribution in [0.5, 0.6) is 0 Å². The van der Waals surface area contributed by atoms with Crippen molar-refractivity contribution in [3.8, 4) is 10.4 Å². The molecule has 0 amide bonds. The van der Waals surface area contributed by atoms with Gasteiger partial charge < -0.3 is 14.9 Å². The first-order valence-corrected chi connectivity index (χ1v) is 12.0. The molecule has 2 aromatic carbocycles. The second-order valence-corrected chi connectivity index (χ2v) is 9.70. The zero-order valence-electron chi connectivity index (χ0n) is 17.1. The molecule has 1 aliphatic heterocycles. The number of thiophene rings is 1. The van der Waals surface area contributed by atoms with Crippen LogP contribution in [-0.4, -0.2) is 39.9 Å². The molecule has 4 atom stereocenters. The summed E-state index contributed by atoms with van der Waals surface area (Å²) in [5.74, 6) is -0.781. The molecule has 4 nitrogen and oxygen atoms in total. The molecular formula is C24H23FO4S2. The van der Waals surface area contributed by atoms with Crippen molar-refractivity contribution in [3.05, 3.63) is 82.0 Å². The Labute approximate surface area is 188 Å². The maximum atomic E-state index is 13.2. The van der Waals surface area contributed by atoms with Crippen LogP contribution in [0.15, 0.2) is 54.6 Å². The Bertz CT molecular complexity index is 1080. The van der Waals surface area contributed by atoms with Gasteiger partial charge in [0, 0.05) is 16.2 Å². The van der Waals surface area contributed by atoms with Crippen LogP contribution in [0.3, 0.4) is 0 Å². The van der Waals surface area contributed by atoms with Crippen molar-refractivity contribution in [2.24, 2.45) is 0 Å². The zero-order valence-corrected chi connectivity index (χ0v) is 18.8. The summed E-state index contributed by atoms with van der Waals surface area (Å²) in [6.07, 6.45) is -1.16. The van der Waals surface area contributed by atoms with Crippen molar-refractivity contribution in [2.45, 2.75) is 37.1 Å². The van der Waals surface area contributed by atoms with E-state index in [0.29, 0.717) is 12.0 Å². The second-order valence-electron chi connectivity index (χ2n) is 7.59. The topological polar surface area (TPSA) is 66.8 Å². The highest BCUT2D eigenvalue weighted by Gasteiger charge is 2.43. The third-order valence-corrected chi connectivity index (χ3v) is 7.47. The molecule has 2 heterocycles. The van der Waals surface area contributed by atoms with E-state index in [4.69, 9.17) is 4.74 Å². The number of carbonyl (C=O) groups is 1. The Morgan fingerprint density at radius 2 is 1.84 bits per heavy atom. The van der Waals surface area contributed by atoms with Crippen molar-refractivity contribution in [2.75, 3.05) is 6.26 Å². The minimum absolute atomic E-state index is 0.256. The summed E-state index contributed by atoms with van der Waals surface area (Å²) in [5.41, 5.74) is 3.12. The number of ketones is 1. The van der Waals surface area contributed by atoms with E-state index in [2.05, 4.69) is 6.07 Å². The quantitative estimate of drug-likeness (QED) is 0.589. The van der Waals surface area contributed by atoms with E-state index in [1.807, 2.05) is 31.2 Å². The average molecular weight is 459 g/mol. The van der Waals surface area contributed by atoms with E-state index >= 15 is 0 Å². The molecular weight excluding hydrogens is 435 g/mol. The molecule has 0 spiro atoms. The predicted octanol–water partition coefficient (Wildman–Crippen LogP) is 4.50. The van der Waals surface area contributed by atoms with E-state index < -0.39 is 29.5 Å². The van der Waals surface area contributed by atoms with Gasteiger partial charge in [0.15, 0.2) is 5.78 Å². The molecule has 2 N–H and O–H groups in total. The highest BCUT2D eigenvalue weighted by molar-refractivity contribution is 7.99. The Balaban J connectivity index is 1.57. The van der Waals surface area contributed by atoms with E-state index in [1.54, 1.807) is 29.7 Å². The minimum Gasteiger partial charge on any atom is -0.386 e. The van der Waals surface area contributed by atoms with Crippen molar-refractivity contribution in [1.29, 1.82) is 0 Å². The summed E-state index contributed by atoms with van der Waals surface area (Å²) in [4.78, 5) is 14.8. The molecule has 0 unspecified atom stereocenters. The van der Waals surface area contributed by atoms with Gasteiger partial charge in [-0.25, -0.2) is 4.39 Å². The number of thioether (sulfide) groups is 1. The number of halogens is 1. The van der Waals surface area contributed by atoms with Crippen molar-refractivity contribution < 1.29 is 24.1 Å². The van der Waals surface area contributed by atoms with E-state index in [0.717, 1.165) is 26.4 Å². The number of hydrogen-bond donors (Lipinski definition) is 2. The number of carbonyl (C=O) groups excluding carboxylic acids is 1. The molecule has 162 valence electrons. The normalized spacial score (nSPS) is 23.8. The number of benzene rings is 2. The van der Waals surface area contributed by atoms with Gasteiger partial charge in [0.1, 0.15) is 29.6 Å². The number of ether oxygens (including phenoxy) is 1. The first-order valence-electron chi connectivity index (χ1n) is 9.89. The second kappa shape index (κ2) is 9.22. The third kappa shape index (κ3) is 4.61. The first kappa shape index (κ1) is 22.2. The first-order chi connectivity index (χ1) is 14.9. The van der Waals surface area contributed by atoms with Crippen LogP contribution < -0.4 is 0 Å². The molecule has 0 aliphatic carbocycles. The van der Waals surface area contributed by atoms with E-state index in [9.17, 15) is 19.4 Å². The standard InChI is InChI=1S/C24H23FO4S2/c1-13-3-4-15(23-21(27)20(26)22(28)24(29-23)30-2)11-16(13)12-18-9-10-19(31-18)14-5-7-17(25)8-6-14/h3-11,20,22-24,26,28H,12H2,1-2H3/t20-,22+,23+,24-/m1/s1. The lowest BCUT2D eigenvalue weighted by Crippen LogP contribution is -2.50. The van der Waals surface area contributed by atoms with Gasteiger partial charge in [0.05, 0.1) is 0 Å². The molecule has 1 fully saturated rings. The monoisotopic (exact) mass is 458 g/mol. The summed E-state index contributed by atoms with van der Waals surface area (Å²) in [7, 11) is 0. The summed E-state index contributed by atoms with van der Waals surface area (Å²) in [6, 6.07) is 16.3. The van der Waals surface area contributed by atoms with Crippen molar-refractivity contribution >= 4 is 28.9 Å². The van der Waals surface area contributed by atoms with Crippen LogP contribution in [0, 0.1) is 12.7 Å². The fourth-order valence-corrected chi connectivity index (χ4v) is 5.35. The van der Waals surface area contributed by atoms with Crippen molar-refractivity contribution in [1.82, 2.24) is 0 Å². The number of rotatable bonds is 5. The van der Waals surface area contributed by atoms with Crippen LogP contribution in [0.25, 0.3) is 10.4 Å². The summed E-state index contributed by atoms with van der Waals surface area (Å²) < 4.78 is 19.0. The maximum absolute atomic E-state index is 13.2. The van der Waals surface area contributed by atoms with E-state index in [-0.39, 0.29) is 5.82 Å². The van der Waals surface area contributed by atoms with Gasteiger partial charge >= 0.3 is 0 Å². The predicted molar refractivity (Wildman–Crippen MR) is 122 cm³/mol. The molecule has 0 radical (unpaired) electrons. The molecule has 1 aliphatic rings. The summed E-state index contributed by atoms with van der Waals surface area (Å²) in [5, 5.41) is 20.2. The van der Waals surface area contributed by atoms with Crippen LogP contribution >= 0.6 is 23.1 Å². The van der Waals surface area contributed by atoms with Gasteiger partial charge in [-0.05, 0) is 59.7 Å². The Morgan fingerprint density at radius 3 is 2.55 bits per heavy atom. The van der Waals surface area contributed by atoms with Gasteiger partial charge in [-0.3, -0.25) is 4.79 Å². The van der Waals surface area contributed by atoms with E-state index in [1.165, 1.54) is 23.9 Å². The van der Waals surface area contributed by atoms with Crippen LogP contribution in [0.2, 0.25) is 0 Å². The molecule has 1 aromatic heterocycles. The lowest BCUT2D eigenvalue weighted by Gasteiger charge is -2.35. The summed E-state index contributed by atoms with van der Waals surface area (Å²) in [6.45, 7) is 2.01. The highest BCUT2D eigenvalue weighted by Crippen LogP contribution is 2.35. The van der Waals surface area contributed by atoms with Gasteiger partial charge in [-0.15, -0.1) is 23.1 Å². The van der Waals surface area contributed by atoms with Gasteiger partial charge in [-0.1, -0.05) is 30.3 Å². The zero-order chi connectivity index (χ0) is 22.1. The molecule has 7 heteroatoms. The number of hydrogen-bond acceptors (Lipinski definition) is 6. The fourth-order valence-electron chi connectivity index (χ4n) is 3.67. The third-order valence-electron chi connectivity index (χ3n) is 5.49. The Morgan fingerprint density at radius 1 is 1.10 bits per heavy atom. The number of aliphatic hydroxyl groups is 2. The van der Waals surface area contributed by atoms with Gasteiger partial charge in [0.25, 0.3) is 0 Å². The molecule has 4 rings (SSSR count). The number of Topliss-reactive ketones (excluding diaryl/α,β-unsaturated/α-hetero) is 1. The molecule has 1 saturated heterocycles. The SMILES string of the molecule is CS[C@H]1O[C@@H](c2ccc(C)c(Cc3ccc(-c4ccc(F)cc4)s3)c2)C(=O)[C@@H](O)[C@@H]1O. The van der Waals surface area contributed by atoms with Crippen LogP contribution in [0.1, 0.15) is 27.7 Å². The molecule has 0 bridgehead atoms. The number of aryl methyl sites for hydroxylation is 1. The molecule has 3 aromatic rings. The Kier molecular flexibility index (Phi) is 6.60. The maximum Gasteiger partial charge on any atom is 0.197 e. The van der Waals surface area contributed by atoms with Gasteiger partial charge in [-0.2, -0.15) is 0 Å².